The van der Waals surface area contributed by atoms with Gasteiger partial charge < -0.3 is 20.5 Å². The molecule has 1 heterocycles. The zero-order chi connectivity index (χ0) is 34.3. The number of methoxy groups -OCH3 is 1. The van der Waals surface area contributed by atoms with Crippen LogP contribution in [0.25, 0.3) is 10.1 Å². The fraction of sp³-hybridized carbons (Fsp3) is 0.333. The smallest absolute Gasteiger partial charge is 0.419 e. The molecule has 0 aliphatic heterocycles. The topological polar surface area (TPSA) is 87.7 Å². The normalized spacial score (nSPS) is 18.6. The Morgan fingerprint density at radius 3 is 2.30 bits per heavy atom. The Kier molecular flexibility index (Phi) is 9.30. The highest BCUT2D eigenvalue weighted by Crippen LogP contribution is 2.42. The van der Waals surface area contributed by atoms with Crippen LogP contribution in [0.3, 0.4) is 0 Å². The second-order valence-electron chi connectivity index (χ2n) is 11.7. The minimum absolute atomic E-state index is 0.0510. The summed E-state index contributed by atoms with van der Waals surface area (Å²) in [6.07, 6.45) is -7.69. The zero-order valence-corrected chi connectivity index (χ0v) is 25.9. The van der Waals surface area contributed by atoms with Gasteiger partial charge in [-0.15, -0.1) is 11.3 Å². The van der Waals surface area contributed by atoms with Gasteiger partial charge in [0.2, 0.25) is 5.91 Å². The molecule has 0 spiro atoms. The molecule has 4 aromatic rings. The predicted octanol–water partition coefficient (Wildman–Crippen LogP) is 8.93. The molecule has 1 aromatic heterocycles. The Hall–Kier alpha value is -4.17. The van der Waals surface area contributed by atoms with Gasteiger partial charge in [0, 0.05) is 20.7 Å². The van der Waals surface area contributed by atoms with Gasteiger partial charge in [-0.1, -0.05) is 12.1 Å². The fourth-order valence-electron chi connectivity index (χ4n) is 5.67. The van der Waals surface area contributed by atoms with Crippen LogP contribution in [0.15, 0.2) is 54.6 Å². The van der Waals surface area contributed by atoms with Gasteiger partial charge in [0.1, 0.15) is 11.6 Å². The summed E-state index contributed by atoms with van der Waals surface area (Å²) in [6.45, 7) is 1.77. The number of amides is 2. The lowest BCUT2D eigenvalue weighted by Gasteiger charge is -2.33. The van der Waals surface area contributed by atoms with Crippen LogP contribution in [-0.2, 0) is 23.6 Å². The second kappa shape index (κ2) is 12.8. The van der Waals surface area contributed by atoms with Gasteiger partial charge in [-0.2, -0.15) is 26.3 Å². The summed E-state index contributed by atoms with van der Waals surface area (Å²) in [5.74, 6) is -2.75. The third-order valence-corrected chi connectivity index (χ3v) is 9.36. The number of thiophene rings is 1. The lowest BCUT2D eigenvalue weighted by molar-refractivity contribution is -0.140. The standard InChI is InChI=1S/C33H29F7N2O4S/c1-31(45)11-9-17(10-12-31)18-3-8-25(46-2)22(13-18)30(44)42-29-21-6-4-19(32(35,36)37)14-26(21)47-27(29)16-28(43)41-20-5-7-24(34)23(15-20)33(38,39)40/h3-8,13-15,17,45H,9-12,16H2,1-2H3,(H,41,43)(H,42,44). The van der Waals surface area contributed by atoms with Crippen molar-refractivity contribution in [3.05, 3.63) is 87.5 Å². The fourth-order valence-corrected chi connectivity index (χ4v) is 6.86. The number of rotatable bonds is 7. The van der Waals surface area contributed by atoms with E-state index in [4.69, 9.17) is 4.74 Å². The van der Waals surface area contributed by atoms with E-state index in [1.807, 2.05) is 6.07 Å². The molecule has 6 nitrogen and oxygen atoms in total. The lowest BCUT2D eigenvalue weighted by Crippen LogP contribution is -2.29. The van der Waals surface area contributed by atoms with Crippen molar-refractivity contribution in [2.45, 2.75) is 62.9 Å². The van der Waals surface area contributed by atoms with Gasteiger partial charge in [0.05, 0.1) is 41.5 Å². The number of carbonyl (C=O) groups excluding carboxylic acids is 2. The highest BCUT2D eigenvalue weighted by atomic mass is 32.1. The van der Waals surface area contributed by atoms with Crippen LogP contribution in [0, 0.1) is 5.82 Å². The van der Waals surface area contributed by atoms with Crippen molar-refractivity contribution in [1.29, 1.82) is 0 Å². The molecular weight excluding hydrogens is 653 g/mol. The van der Waals surface area contributed by atoms with E-state index in [0.717, 1.165) is 35.1 Å². The number of hydrogen-bond donors (Lipinski definition) is 3. The lowest BCUT2D eigenvalue weighted by atomic mass is 9.77. The molecule has 1 aliphatic rings. The van der Waals surface area contributed by atoms with Gasteiger partial charge >= 0.3 is 12.4 Å². The summed E-state index contributed by atoms with van der Waals surface area (Å²) < 4.78 is 99.3. The van der Waals surface area contributed by atoms with Gasteiger partial charge in [0.15, 0.2) is 0 Å². The van der Waals surface area contributed by atoms with Crippen molar-refractivity contribution < 1.29 is 50.2 Å². The average molecular weight is 683 g/mol. The first kappa shape index (κ1) is 34.2. The number of alkyl halides is 6. The van der Waals surface area contributed by atoms with Crippen molar-refractivity contribution in [1.82, 2.24) is 0 Å². The number of hydrogen-bond acceptors (Lipinski definition) is 5. The summed E-state index contributed by atoms with van der Waals surface area (Å²) in [6, 6.07) is 9.94. The maximum atomic E-state index is 13.7. The molecule has 0 saturated heterocycles. The first-order valence-electron chi connectivity index (χ1n) is 14.5. The molecule has 47 heavy (non-hydrogen) atoms. The monoisotopic (exact) mass is 682 g/mol. The molecule has 3 aromatic carbocycles. The Morgan fingerprint density at radius 1 is 0.957 bits per heavy atom. The quantitative estimate of drug-likeness (QED) is 0.170. The third kappa shape index (κ3) is 7.70. The van der Waals surface area contributed by atoms with E-state index in [-0.39, 0.29) is 43.6 Å². The SMILES string of the molecule is COc1ccc(C2CCC(C)(O)CC2)cc1C(=O)Nc1c(CC(=O)Nc2ccc(F)c(C(F)(F)F)c2)sc2cc(C(F)(F)F)ccc12. The predicted molar refractivity (Wildman–Crippen MR) is 163 cm³/mol. The van der Waals surface area contributed by atoms with Crippen LogP contribution >= 0.6 is 11.3 Å². The maximum absolute atomic E-state index is 13.7. The minimum atomic E-state index is -5.02. The van der Waals surface area contributed by atoms with E-state index < -0.39 is 53.1 Å². The highest BCUT2D eigenvalue weighted by molar-refractivity contribution is 7.20. The molecular formula is C33H29F7N2O4S. The molecule has 0 atom stereocenters. The Balaban J connectivity index is 1.47. The summed E-state index contributed by atoms with van der Waals surface area (Å²) in [7, 11) is 1.37. The van der Waals surface area contributed by atoms with Crippen LogP contribution in [0.1, 0.15) is 70.5 Å². The van der Waals surface area contributed by atoms with E-state index >= 15 is 0 Å². The van der Waals surface area contributed by atoms with Crippen LogP contribution < -0.4 is 15.4 Å². The molecule has 2 amide bonds. The number of fused-ring (bicyclic) bond motifs is 1. The molecule has 250 valence electrons. The summed E-state index contributed by atoms with van der Waals surface area (Å²) in [5.41, 5.74) is -2.62. The minimum Gasteiger partial charge on any atom is -0.496 e. The molecule has 1 saturated carbocycles. The molecule has 1 fully saturated rings. The van der Waals surface area contributed by atoms with Crippen LogP contribution in [-0.4, -0.2) is 29.6 Å². The number of benzene rings is 3. The van der Waals surface area contributed by atoms with Crippen LogP contribution in [0.4, 0.5) is 42.1 Å². The molecule has 5 rings (SSSR count). The summed E-state index contributed by atoms with van der Waals surface area (Å²) >= 11 is 0.805. The summed E-state index contributed by atoms with van der Waals surface area (Å²) in [5, 5.41) is 15.5. The van der Waals surface area contributed by atoms with Crippen molar-refractivity contribution >= 4 is 44.6 Å². The second-order valence-corrected chi connectivity index (χ2v) is 12.8. The van der Waals surface area contributed by atoms with E-state index in [0.29, 0.717) is 37.8 Å². The molecule has 0 unspecified atom stereocenters. The Morgan fingerprint density at radius 2 is 1.66 bits per heavy atom. The maximum Gasteiger partial charge on any atom is 0.419 e. The number of nitrogens with one attached hydrogen (secondary N) is 2. The van der Waals surface area contributed by atoms with Crippen LogP contribution in [0.2, 0.25) is 0 Å². The van der Waals surface area contributed by atoms with Crippen molar-refractivity contribution in [2.24, 2.45) is 0 Å². The average Bonchev–Trinajstić information content (AvgIpc) is 3.32. The molecule has 0 radical (unpaired) electrons. The van der Waals surface area contributed by atoms with E-state index in [2.05, 4.69) is 10.6 Å². The number of halogens is 7. The first-order valence-corrected chi connectivity index (χ1v) is 15.3. The number of carbonyl (C=O) groups is 2. The molecule has 14 heteroatoms. The Labute approximate surface area is 268 Å². The third-order valence-electron chi connectivity index (χ3n) is 8.21. The van der Waals surface area contributed by atoms with Gasteiger partial charge in [-0.05, 0) is 86.6 Å². The van der Waals surface area contributed by atoms with Gasteiger partial charge in [-0.3, -0.25) is 9.59 Å². The molecule has 1 aliphatic carbocycles. The number of ether oxygens (including phenoxy) is 1. The van der Waals surface area contributed by atoms with Crippen molar-refractivity contribution in [2.75, 3.05) is 17.7 Å². The number of anilines is 2. The zero-order valence-electron chi connectivity index (χ0n) is 25.0. The number of aliphatic hydroxyl groups is 1. The van der Waals surface area contributed by atoms with Crippen LogP contribution in [0.5, 0.6) is 5.75 Å². The Bertz CT molecular complexity index is 1820. The van der Waals surface area contributed by atoms with Crippen molar-refractivity contribution in [3.8, 4) is 5.75 Å². The van der Waals surface area contributed by atoms with Crippen molar-refractivity contribution in [3.63, 3.8) is 0 Å². The van der Waals surface area contributed by atoms with Gasteiger partial charge in [-0.25, -0.2) is 4.39 Å². The van der Waals surface area contributed by atoms with E-state index in [1.165, 1.54) is 13.2 Å². The first-order chi connectivity index (χ1) is 21.9. The summed E-state index contributed by atoms with van der Waals surface area (Å²) in [4.78, 5) is 26.9. The molecule has 0 bridgehead atoms. The van der Waals surface area contributed by atoms with E-state index in [9.17, 15) is 45.4 Å². The molecule has 3 N–H and O–H groups in total. The van der Waals surface area contributed by atoms with E-state index in [1.54, 1.807) is 19.1 Å². The van der Waals surface area contributed by atoms with Gasteiger partial charge in [0.25, 0.3) is 5.91 Å². The highest BCUT2D eigenvalue weighted by Gasteiger charge is 2.35. The largest absolute Gasteiger partial charge is 0.496 e.